The van der Waals surface area contributed by atoms with Crippen molar-refractivity contribution in [1.29, 1.82) is 0 Å². The van der Waals surface area contributed by atoms with Crippen LogP contribution in [0.3, 0.4) is 0 Å². The lowest BCUT2D eigenvalue weighted by Gasteiger charge is -2.22. The van der Waals surface area contributed by atoms with Crippen molar-refractivity contribution in [2.75, 3.05) is 17.3 Å². The van der Waals surface area contributed by atoms with Gasteiger partial charge in [-0.25, -0.2) is 4.98 Å². The normalized spacial score (nSPS) is 24.0. The van der Waals surface area contributed by atoms with E-state index < -0.39 is 0 Å². The largest absolute Gasteiger partial charge is 0.332 e. The van der Waals surface area contributed by atoms with Crippen LogP contribution >= 0.6 is 23.5 Å². The fourth-order valence-corrected chi connectivity index (χ4v) is 4.39. The molecule has 0 aliphatic carbocycles. The number of nitrogens with zero attached hydrogens (tertiary/aromatic N) is 2. The SMILES string of the molecule is C[C@H](N)c1cncn1CC1CSCCS1. The fourth-order valence-electron chi connectivity index (χ4n) is 1.72. The highest BCUT2D eigenvalue weighted by Gasteiger charge is 2.16. The van der Waals surface area contributed by atoms with Crippen LogP contribution in [0.15, 0.2) is 12.5 Å². The highest BCUT2D eigenvalue weighted by molar-refractivity contribution is 8.06. The number of hydrogen-bond donors (Lipinski definition) is 1. The highest BCUT2D eigenvalue weighted by Crippen LogP contribution is 2.25. The van der Waals surface area contributed by atoms with Crippen LogP contribution in [0.4, 0.5) is 0 Å². The van der Waals surface area contributed by atoms with Gasteiger partial charge in [0.2, 0.25) is 0 Å². The minimum absolute atomic E-state index is 0.0775. The standard InChI is InChI=1S/C10H17N3S2/c1-8(11)10-4-12-7-13(10)5-9-6-14-2-3-15-9/h4,7-9H,2-3,5-6,11H2,1H3/t8-,9?/m0/s1. The molecule has 2 rings (SSSR count). The van der Waals surface area contributed by atoms with Crippen molar-refractivity contribution in [1.82, 2.24) is 9.55 Å². The average molecular weight is 243 g/mol. The van der Waals surface area contributed by atoms with Crippen LogP contribution in [-0.4, -0.2) is 32.1 Å². The molecule has 1 saturated heterocycles. The molecule has 1 aromatic heterocycles. The molecule has 0 bridgehead atoms. The van der Waals surface area contributed by atoms with Gasteiger partial charge in [0.05, 0.1) is 12.0 Å². The summed E-state index contributed by atoms with van der Waals surface area (Å²) in [6.07, 6.45) is 3.78. The van der Waals surface area contributed by atoms with Gasteiger partial charge >= 0.3 is 0 Å². The predicted molar refractivity (Wildman–Crippen MR) is 68.4 cm³/mol. The van der Waals surface area contributed by atoms with Crippen molar-refractivity contribution < 1.29 is 0 Å². The Morgan fingerprint density at radius 3 is 3.20 bits per heavy atom. The van der Waals surface area contributed by atoms with E-state index in [-0.39, 0.29) is 6.04 Å². The molecule has 84 valence electrons. The maximum atomic E-state index is 5.89. The number of nitrogens with two attached hydrogens (primary N) is 1. The van der Waals surface area contributed by atoms with Crippen molar-refractivity contribution in [2.45, 2.75) is 24.8 Å². The molecule has 0 radical (unpaired) electrons. The summed E-state index contributed by atoms with van der Waals surface area (Å²) in [7, 11) is 0. The first-order valence-corrected chi connectivity index (χ1v) is 7.42. The van der Waals surface area contributed by atoms with E-state index in [0.29, 0.717) is 0 Å². The van der Waals surface area contributed by atoms with Crippen LogP contribution in [0.5, 0.6) is 0 Å². The van der Waals surface area contributed by atoms with Gasteiger partial charge in [-0.1, -0.05) is 0 Å². The summed E-state index contributed by atoms with van der Waals surface area (Å²) in [5.41, 5.74) is 7.04. The van der Waals surface area contributed by atoms with E-state index >= 15 is 0 Å². The molecule has 1 aromatic rings. The van der Waals surface area contributed by atoms with Gasteiger partial charge in [-0.3, -0.25) is 0 Å². The molecule has 15 heavy (non-hydrogen) atoms. The second-order valence-electron chi connectivity index (χ2n) is 3.83. The van der Waals surface area contributed by atoms with Crippen LogP contribution in [-0.2, 0) is 6.54 Å². The fraction of sp³-hybridized carbons (Fsp3) is 0.700. The Bertz CT molecular complexity index is 305. The lowest BCUT2D eigenvalue weighted by Crippen LogP contribution is -2.22. The predicted octanol–water partition coefficient (Wildman–Crippen LogP) is 1.75. The van der Waals surface area contributed by atoms with Gasteiger partial charge in [0.15, 0.2) is 0 Å². The molecular weight excluding hydrogens is 226 g/mol. The molecule has 1 fully saturated rings. The molecule has 2 N–H and O–H groups in total. The van der Waals surface area contributed by atoms with E-state index in [1.54, 1.807) is 0 Å². The molecule has 3 nitrogen and oxygen atoms in total. The molecule has 0 aromatic carbocycles. The Labute approximate surface area is 99.2 Å². The van der Waals surface area contributed by atoms with Crippen LogP contribution in [0.2, 0.25) is 0 Å². The van der Waals surface area contributed by atoms with E-state index in [1.807, 2.05) is 19.4 Å². The Balaban J connectivity index is 1.99. The lowest BCUT2D eigenvalue weighted by atomic mass is 10.2. The van der Waals surface area contributed by atoms with Crippen molar-refractivity contribution >= 4 is 23.5 Å². The number of rotatable bonds is 3. The molecule has 0 amide bonds. The summed E-state index contributed by atoms with van der Waals surface area (Å²) in [5, 5.41) is 0.718. The van der Waals surface area contributed by atoms with Gasteiger partial charge in [0.25, 0.3) is 0 Å². The quantitative estimate of drug-likeness (QED) is 0.878. The van der Waals surface area contributed by atoms with Crippen molar-refractivity contribution in [3.8, 4) is 0 Å². The van der Waals surface area contributed by atoms with E-state index in [2.05, 4.69) is 33.1 Å². The summed E-state index contributed by atoms with van der Waals surface area (Å²) in [6, 6.07) is 0.0775. The van der Waals surface area contributed by atoms with Crippen LogP contribution in [0.25, 0.3) is 0 Å². The molecule has 2 atom stereocenters. The number of thioether (sulfide) groups is 2. The van der Waals surface area contributed by atoms with E-state index in [9.17, 15) is 0 Å². The average Bonchev–Trinajstić information content (AvgIpc) is 2.67. The molecular formula is C10H17N3S2. The summed E-state index contributed by atoms with van der Waals surface area (Å²) in [5.74, 6) is 3.82. The van der Waals surface area contributed by atoms with Gasteiger partial charge in [0.1, 0.15) is 0 Å². The molecule has 1 aliphatic heterocycles. The molecule has 0 spiro atoms. The van der Waals surface area contributed by atoms with Crippen molar-refractivity contribution in [3.05, 3.63) is 18.2 Å². The Morgan fingerprint density at radius 1 is 1.67 bits per heavy atom. The smallest absolute Gasteiger partial charge is 0.0949 e. The minimum Gasteiger partial charge on any atom is -0.332 e. The van der Waals surface area contributed by atoms with Crippen molar-refractivity contribution in [2.24, 2.45) is 5.73 Å². The van der Waals surface area contributed by atoms with Gasteiger partial charge in [-0.05, 0) is 6.92 Å². The monoisotopic (exact) mass is 243 g/mol. The first-order chi connectivity index (χ1) is 7.27. The lowest BCUT2D eigenvalue weighted by molar-refractivity contribution is 0.624. The van der Waals surface area contributed by atoms with E-state index in [1.165, 1.54) is 17.3 Å². The Hall–Kier alpha value is -0.130. The zero-order valence-corrected chi connectivity index (χ0v) is 10.6. The Morgan fingerprint density at radius 2 is 2.53 bits per heavy atom. The maximum Gasteiger partial charge on any atom is 0.0949 e. The topological polar surface area (TPSA) is 43.8 Å². The molecule has 1 unspecified atom stereocenters. The number of hydrogen-bond acceptors (Lipinski definition) is 4. The van der Waals surface area contributed by atoms with Gasteiger partial charge in [0, 0.05) is 41.3 Å². The van der Waals surface area contributed by atoms with Gasteiger partial charge < -0.3 is 10.3 Å². The van der Waals surface area contributed by atoms with Crippen molar-refractivity contribution in [3.63, 3.8) is 0 Å². The zero-order chi connectivity index (χ0) is 10.7. The first kappa shape index (κ1) is 11.4. The molecule has 2 heterocycles. The molecule has 0 saturated carbocycles. The molecule has 1 aliphatic rings. The third kappa shape index (κ3) is 2.92. The van der Waals surface area contributed by atoms with E-state index in [4.69, 9.17) is 5.73 Å². The van der Waals surface area contributed by atoms with Crippen LogP contribution < -0.4 is 5.73 Å². The van der Waals surface area contributed by atoms with Gasteiger partial charge in [-0.15, -0.1) is 0 Å². The second kappa shape index (κ2) is 5.27. The second-order valence-corrected chi connectivity index (χ2v) is 6.39. The summed E-state index contributed by atoms with van der Waals surface area (Å²) in [4.78, 5) is 4.18. The van der Waals surface area contributed by atoms with Gasteiger partial charge in [-0.2, -0.15) is 23.5 Å². The third-order valence-corrected chi connectivity index (χ3v) is 5.32. The van der Waals surface area contributed by atoms with E-state index in [0.717, 1.165) is 17.5 Å². The van der Waals surface area contributed by atoms with Crippen LogP contribution in [0.1, 0.15) is 18.7 Å². The van der Waals surface area contributed by atoms with Crippen LogP contribution in [0, 0.1) is 0 Å². The minimum atomic E-state index is 0.0775. The number of imidazole rings is 1. The summed E-state index contributed by atoms with van der Waals surface area (Å²) < 4.78 is 2.20. The third-order valence-electron chi connectivity index (χ3n) is 2.50. The Kier molecular flexibility index (Phi) is 3.99. The zero-order valence-electron chi connectivity index (χ0n) is 8.93. The first-order valence-electron chi connectivity index (χ1n) is 5.22. The summed E-state index contributed by atoms with van der Waals surface area (Å²) in [6.45, 7) is 3.06. The summed E-state index contributed by atoms with van der Waals surface area (Å²) >= 11 is 4.12. The number of aromatic nitrogens is 2. The maximum absolute atomic E-state index is 5.89. The highest BCUT2D eigenvalue weighted by atomic mass is 32.2. The molecule has 5 heteroatoms.